The molecule has 2 N–H and O–H groups in total. The number of hydrogen-bond donors (Lipinski definition) is 2. The van der Waals surface area contributed by atoms with Crippen LogP contribution in [0.4, 0.5) is 5.69 Å². The van der Waals surface area contributed by atoms with Crippen molar-refractivity contribution < 1.29 is 9.53 Å². The van der Waals surface area contributed by atoms with Crippen molar-refractivity contribution >= 4 is 11.6 Å². The second-order valence-corrected chi connectivity index (χ2v) is 4.48. The van der Waals surface area contributed by atoms with Gasteiger partial charge >= 0.3 is 0 Å². The molecule has 0 saturated carbocycles. The van der Waals surface area contributed by atoms with E-state index >= 15 is 0 Å². The van der Waals surface area contributed by atoms with Gasteiger partial charge in [-0.3, -0.25) is 4.79 Å². The lowest BCUT2D eigenvalue weighted by molar-refractivity contribution is -0.120. The molecule has 2 rings (SSSR count). The minimum Gasteiger partial charge on any atom is -0.378 e. The lowest BCUT2D eigenvalue weighted by Gasteiger charge is -2.23. The molecule has 0 aliphatic carbocycles. The van der Waals surface area contributed by atoms with Crippen LogP contribution in [0.25, 0.3) is 0 Å². The Morgan fingerprint density at radius 2 is 2.33 bits per heavy atom. The monoisotopic (exact) mass is 248 g/mol. The fraction of sp³-hybridized carbons (Fsp3) is 0.500. The van der Waals surface area contributed by atoms with Gasteiger partial charge in [0.05, 0.1) is 13.2 Å². The molecule has 4 nitrogen and oxygen atoms in total. The maximum atomic E-state index is 12.1. The van der Waals surface area contributed by atoms with Gasteiger partial charge in [0.25, 0.3) is 0 Å². The van der Waals surface area contributed by atoms with E-state index < -0.39 is 0 Å². The molecule has 1 amide bonds. The maximum Gasteiger partial charge on any atom is 0.243 e. The van der Waals surface area contributed by atoms with Gasteiger partial charge in [-0.2, -0.15) is 0 Å². The van der Waals surface area contributed by atoms with Crippen molar-refractivity contribution in [2.75, 3.05) is 25.1 Å². The van der Waals surface area contributed by atoms with Crippen LogP contribution in [0.1, 0.15) is 18.9 Å². The molecular formula is C14H20N2O2. The molecule has 4 heteroatoms. The Morgan fingerprint density at radius 3 is 3.06 bits per heavy atom. The molecule has 1 aliphatic heterocycles. The number of benzene rings is 1. The van der Waals surface area contributed by atoms with Gasteiger partial charge < -0.3 is 15.4 Å². The number of hydrogen-bond acceptors (Lipinski definition) is 3. The molecule has 1 aromatic carbocycles. The van der Waals surface area contributed by atoms with Crippen LogP contribution in [0, 0.1) is 0 Å². The van der Waals surface area contributed by atoms with Crippen LogP contribution in [0.5, 0.6) is 0 Å². The quantitative estimate of drug-likeness (QED) is 0.850. The molecule has 0 aromatic heterocycles. The number of morpholine rings is 1. The summed E-state index contributed by atoms with van der Waals surface area (Å²) in [7, 11) is 0. The average Bonchev–Trinajstić information content (AvgIpc) is 2.42. The minimum absolute atomic E-state index is 0.0155. The number of anilines is 1. The highest BCUT2D eigenvalue weighted by atomic mass is 16.5. The Kier molecular flexibility index (Phi) is 4.73. The molecule has 1 unspecified atom stereocenters. The van der Waals surface area contributed by atoms with Crippen molar-refractivity contribution in [1.29, 1.82) is 0 Å². The van der Waals surface area contributed by atoms with Crippen LogP contribution in [0.15, 0.2) is 24.3 Å². The van der Waals surface area contributed by atoms with Gasteiger partial charge in [-0.1, -0.05) is 31.5 Å². The largest absolute Gasteiger partial charge is 0.378 e. The predicted octanol–water partition coefficient (Wildman–Crippen LogP) is 1.57. The highest BCUT2D eigenvalue weighted by Gasteiger charge is 2.21. The molecule has 0 spiro atoms. The number of aryl methyl sites for hydroxylation is 1. The first-order valence-corrected chi connectivity index (χ1v) is 6.51. The lowest BCUT2D eigenvalue weighted by Crippen LogP contribution is -2.48. The van der Waals surface area contributed by atoms with E-state index in [0.717, 1.165) is 25.1 Å². The number of nitrogens with one attached hydrogen (secondary N) is 2. The summed E-state index contributed by atoms with van der Waals surface area (Å²) < 4.78 is 5.30. The molecule has 1 fully saturated rings. The number of carbonyl (C=O) groups excluding carboxylic acids is 1. The summed E-state index contributed by atoms with van der Waals surface area (Å²) in [6.45, 7) is 3.99. The topological polar surface area (TPSA) is 50.4 Å². The van der Waals surface area contributed by atoms with E-state index in [2.05, 4.69) is 23.6 Å². The van der Waals surface area contributed by atoms with Crippen molar-refractivity contribution in [3.05, 3.63) is 29.8 Å². The molecule has 0 radical (unpaired) electrons. The van der Waals surface area contributed by atoms with Crippen molar-refractivity contribution in [3.8, 4) is 0 Å². The van der Waals surface area contributed by atoms with Gasteiger partial charge in [-0.15, -0.1) is 0 Å². The maximum absolute atomic E-state index is 12.1. The second-order valence-electron chi connectivity index (χ2n) is 4.48. The van der Waals surface area contributed by atoms with Crippen LogP contribution in [0.3, 0.4) is 0 Å². The fourth-order valence-electron chi connectivity index (χ4n) is 2.08. The smallest absolute Gasteiger partial charge is 0.243 e. The first-order valence-electron chi connectivity index (χ1n) is 6.51. The van der Waals surface area contributed by atoms with Crippen molar-refractivity contribution in [1.82, 2.24) is 5.32 Å². The number of para-hydroxylation sites is 1. The summed E-state index contributed by atoms with van der Waals surface area (Å²) >= 11 is 0. The molecule has 18 heavy (non-hydrogen) atoms. The van der Waals surface area contributed by atoms with E-state index in [9.17, 15) is 4.79 Å². The van der Waals surface area contributed by atoms with Gasteiger partial charge in [-0.05, 0) is 18.1 Å². The molecule has 1 atom stereocenters. The Morgan fingerprint density at radius 1 is 1.50 bits per heavy atom. The first kappa shape index (κ1) is 13.1. The van der Waals surface area contributed by atoms with E-state index in [1.807, 2.05) is 18.2 Å². The third kappa shape index (κ3) is 3.31. The molecule has 0 bridgehead atoms. The molecular weight excluding hydrogens is 228 g/mol. The number of carbonyl (C=O) groups is 1. The Bertz CT molecular complexity index is 401. The van der Waals surface area contributed by atoms with Gasteiger partial charge in [0.2, 0.25) is 5.91 Å². The van der Waals surface area contributed by atoms with E-state index in [1.165, 1.54) is 5.56 Å². The van der Waals surface area contributed by atoms with Crippen LogP contribution < -0.4 is 10.6 Å². The third-order valence-corrected chi connectivity index (χ3v) is 3.03. The number of rotatable bonds is 4. The van der Waals surface area contributed by atoms with Crippen LogP contribution >= 0.6 is 0 Å². The standard InChI is InChI=1S/C14H20N2O2/c1-2-5-11-6-3-4-7-12(11)16-14(17)13-10-18-9-8-15-13/h3-4,6-7,13,15H,2,5,8-10H2,1H3,(H,16,17). The van der Waals surface area contributed by atoms with E-state index in [4.69, 9.17) is 4.74 Å². The van der Waals surface area contributed by atoms with Crippen molar-refractivity contribution in [3.63, 3.8) is 0 Å². The lowest BCUT2D eigenvalue weighted by atomic mass is 10.1. The summed E-state index contributed by atoms with van der Waals surface area (Å²) in [5.74, 6) is -0.0155. The Labute approximate surface area is 108 Å². The fourth-order valence-corrected chi connectivity index (χ4v) is 2.08. The summed E-state index contributed by atoms with van der Waals surface area (Å²) in [4.78, 5) is 12.1. The molecule has 1 saturated heterocycles. The molecule has 98 valence electrons. The van der Waals surface area contributed by atoms with E-state index in [-0.39, 0.29) is 11.9 Å². The first-order chi connectivity index (χ1) is 8.81. The number of ether oxygens (including phenoxy) is 1. The zero-order valence-electron chi connectivity index (χ0n) is 10.7. The molecule has 1 heterocycles. The molecule has 1 aromatic rings. The van der Waals surface area contributed by atoms with Gasteiger partial charge in [-0.25, -0.2) is 0 Å². The number of amides is 1. The highest BCUT2D eigenvalue weighted by Crippen LogP contribution is 2.17. The summed E-state index contributed by atoms with van der Waals surface area (Å²) in [6.07, 6.45) is 2.04. The van der Waals surface area contributed by atoms with Gasteiger partial charge in [0.1, 0.15) is 6.04 Å². The minimum atomic E-state index is -0.242. The summed E-state index contributed by atoms with van der Waals surface area (Å²) in [5.41, 5.74) is 2.10. The summed E-state index contributed by atoms with van der Waals surface area (Å²) in [6, 6.07) is 7.71. The van der Waals surface area contributed by atoms with Crippen LogP contribution in [-0.4, -0.2) is 31.7 Å². The van der Waals surface area contributed by atoms with Crippen LogP contribution in [0.2, 0.25) is 0 Å². The van der Waals surface area contributed by atoms with Crippen LogP contribution in [-0.2, 0) is 16.0 Å². The predicted molar refractivity (Wildman–Crippen MR) is 71.7 cm³/mol. The normalized spacial score (nSPS) is 19.5. The third-order valence-electron chi connectivity index (χ3n) is 3.03. The molecule has 1 aliphatic rings. The van der Waals surface area contributed by atoms with E-state index in [1.54, 1.807) is 0 Å². The zero-order chi connectivity index (χ0) is 12.8. The SMILES string of the molecule is CCCc1ccccc1NC(=O)C1COCCN1. The zero-order valence-corrected chi connectivity index (χ0v) is 10.7. The van der Waals surface area contributed by atoms with E-state index in [0.29, 0.717) is 13.2 Å². The Balaban J connectivity index is 2.01. The highest BCUT2D eigenvalue weighted by molar-refractivity contribution is 5.95. The van der Waals surface area contributed by atoms with Crippen molar-refractivity contribution in [2.45, 2.75) is 25.8 Å². The van der Waals surface area contributed by atoms with Gasteiger partial charge in [0, 0.05) is 12.2 Å². The van der Waals surface area contributed by atoms with Crippen molar-refractivity contribution in [2.24, 2.45) is 0 Å². The summed E-state index contributed by atoms with van der Waals surface area (Å²) in [5, 5.41) is 6.14. The second kappa shape index (κ2) is 6.52. The van der Waals surface area contributed by atoms with Gasteiger partial charge in [0.15, 0.2) is 0 Å². The Hall–Kier alpha value is -1.39. The average molecular weight is 248 g/mol.